The third kappa shape index (κ3) is 26.9. The van der Waals surface area contributed by atoms with Crippen LogP contribution in [0.2, 0.25) is 5.02 Å². The molecule has 0 aromatic heterocycles. The maximum absolute atomic E-state index is 11.3. The predicted molar refractivity (Wildman–Crippen MR) is 164 cm³/mol. The molecule has 0 aliphatic heterocycles. The molecule has 0 bridgehead atoms. The van der Waals surface area contributed by atoms with Gasteiger partial charge < -0.3 is 9.52 Å². The third-order valence-electron chi connectivity index (χ3n) is 6.62. The fraction of sp³-hybridized carbons (Fsp3) is 0.774. The maximum Gasteiger partial charge on any atom is 1.00 e. The van der Waals surface area contributed by atoms with Crippen molar-refractivity contribution < 1.29 is 64.6 Å². The number of unbranched alkanes of at least 4 members (excludes halogenated alkanes) is 5. The number of hydrogen-bond acceptors (Lipinski definition) is 3. The molecule has 0 fully saturated rings. The van der Waals surface area contributed by atoms with E-state index in [0.717, 1.165) is 17.7 Å². The Bertz CT molecular complexity index is 794. The smallest absolute Gasteiger partial charge is 0.540 e. The number of carbonyl (C=O) groups is 1. The van der Waals surface area contributed by atoms with Crippen LogP contribution in [-0.2, 0) is 21.2 Å². The summed E-state index contributed by atoms with van der Waals surface area (Å²) in [7, 11) is -3.52. The second kappa shape index (κ2) is 25.4. The van der Waals surface area contributed by atoms with Crippen molar-refractivity contribution in [2.45, 2.75) is 138 Å². The Morgan fingerprint density at radius 3 is 1.76 bits per heavy atom. The SMILES string of the molecule is CC(=O)C(Cc1ccc(Cl)cc1)[N-]S(C)(=O)=O.CCCC(C)(CC)CCC(C)C.CCCCCCCC.[K+]. The van der Waals surface area contributed by atoms with Gasteiger partial charge in [-0.25, -0.2) is 8.42 Å². The van der Waals surface area contributed by atoms with Crippen molar-refractivity contribution in [3.63, 3.8) is 0 Å². The number of hydrogen-bond donors (Lipinski definition) is 0. The van der Waals surface area contributed by atoms with Crippen LogP contribution < -0.4 is 51.4 Å². The van der Waals surface area contributed by atoms with Gasteiger partial charge in [0.1, 0.15) is 5.78 Å². The van der Waals surface area contributed by atoms with Crippen molar-refractivity contribution >= 4 is 27.4 Å². The Kier molecular flexibility index (Phi) is 28.9. The average Bonchev–Trinajstić information content (AvgIpc) is 2.82. The summed E-state index contributed by atoms with van der Waals surface area (Å²) < 4.78 is 25.6. The van der Waals surface area contributed by atoms with Gasteiger partial charge in [0.15, 0.2) is 0 Å². The summed E-state index contributed by atoms with van der Waals surface area (Å²) in [6.07, 6.45) is 16.6. The van der Waals surface area contributed by atoms with Gasteiger partial charge in [0.05, 0.1) is 10.0 Å². The van der Waals surface area contributed by atoms with Crippen LogP contribution in [0.4, 0.5) is 0 Å². The van der Waals surface area contributed by atoms with Crippen LogP contribution in [0.5, 0.6) is 0 Å². The van der Waals surface area contributed by atoms with Gasteiger partial charge in [-0.15, -0.1) is 0 Å². The number of carbonyl (C=O) groups excluding carboxylic acids is 1. The molecule has 1 aromatic carbocycles. The number of nitrogens with zero attached hydrogens (tertiary/aromatic N) is 1. The molecule has 2 unspecified atom stereocenters. The average molecular weight is 598 g/mol. The summed E-state index contributed by atoms with van der Waals surface area (Å²) in [4.78, 5) is 11.3. The van der Waals surface area contributed by atoms with Gasteiger partial charge >= 0.3 is 51.4 Å². The van der Waals surface area contributed by atoms with E-state index in [-0.39, 0.29) is 63.6 Å². The van der Waals surface area contributed by atoms with Crippen LogP contribution in [-0.4, -0.2) is 26.5 Å². The number of rotatable bonds is 16. The van der Waals surface area contributed by atoms with Crippen LogP contribution >= 0.6 is 11.6 Å². The minimum absolute atomic E-state index is 0. The van der Waals surface area contributed by atoms with Gasteiger partial charge in [-0.2, -0.15) is 0 Å². The van der Waals surface area contributed by atoms with E-state index in [4.69, 9.17) is 11.6 Å². The van der Waals surface area contributed by atoms with Gasteiger partial charge in [-0.3, -0.25) is 0 Å². The molecule has 0 saturated carbocycles. The van der Waals surface area contributed by atoms with Crippen molar-refractivity contribution in [2.24, 2.45) is 11.3 Å². The van der Waals surface area contributed by atoms with E-state index in [9.17, 15) is 13.2 Å². The molecule has 0 heterocycles. The number of halogens is 1. The topological polar surface area (TPSA) is 65.3 Å². The predicted octanol–water partition coefficient (Wildman–Crippen LogP) is 7.18. The molecule has 0 amide bonds. The van der Waals surface area contributed by atoms with Crippen molar-refractivity contribution in [2.75, 3.05) is 6.26 Å². The third-order valence-corrected chi connectivity index (χ3v) is 7.51. The molecular weight excluding hydrogens is 541 g/mol. The molecule has 0 N–H and O–H groups in total. The normalized spacial score (nSPS) is 13.2. The number of sulfonamides is 1. The number of Topliss-reactive ketones (excluding diaryl/α,β-unsaturated/α-hetero) is 1. The van der Waals surface area contributed by atoms with Crippen molar-refractivity contribution in [1.29, 1.82) is 0 Å². The molecule has 0 aliphatic carbocycles. The monoisotopic (exact) mass is 597 g/mol. The van der Waals surface area contributed by atoms with E-state index in [1.165, 1.54) is 77.6 Å². The first-order valence-corrected chi connectivity index (χ1v) is 16.6. The van der Waals surface area contributed by atoms with Crippen LogP contribution in [0, 0.1) is 11.3 Å². The van der Waals surface area contributed by atoms with Crippen molar-refractivity contribution in [3.05, 3.63) is 39.6 Å². The van der Waals surface area contributed by atoms with E-state index in [0.29, 0.717) is 10.4 Å². The van der Waals surface area contributed by atoms with E-state index in [1.54, 1.807) is 24.3 Å². The molecule has 0 spiro atoms. The van der Waals surface area contributed by atoms with Crippen molar-refractivity contribution in [1.82, 2.24) is 0 Å². The van der Waals surface area contributed by atoms with Gasteiger partial charge in [0, 0.05) is 11.3 Å². The first kappa shape index (κ1) is 43.2. The zero-order valence-corrected chi connectivity index (χ0v) is 31.1. The second-order valence-electron chi connectivity index (χ2n) is 11.1. The summed E-state index contributed by atoms with van der Waals surface area (Å²) in [5.41, 5.74) is 1.45. The molecule has 0 saturated heterocycles. The van der Waals surface area contributed by atoms with E-state index in [1.807, 2.05) is 0 Å². The Hall–Kier alpha value is 0.726. The zero-order chi connectivity index (χ0) is 28.9. The van der Waals surface area contributed by atoms with Gasteiger partial charge in [-0.1, -0.05) is 136 Å². The van der Waals surface area contributed by atoms with Gasteiger partial charge in [-0.05, 0) is 55.2 Å². The van der Waals surface area contributed by atoms with Crippen LogP contribution in [0.3, 0.4) is 0 Å². The van der Waals surface area contributed by atoms with E-state index in [2.05, 4.69) is 53.2 Å². The fourth-order valence-electron chi connectivity index (χ4n) is 3.90. The van der Waals surface area contributed by atoms with Gasteiger partial charge in [0.25, 0.3) is 0 Å². The summed E-state index contributed by atoms with van der Waals surface area (Å²) in [5, 5.41) is 0.591. The molecule has 38 heavy (non-hydrogen) atoms. The molecule has 4 nitrogen and oxygen atoms in total. The van der Waals surface area contributed by atoms with Crippen LogP contribution in [0.1, 0.15) is 132 Å². The number of ketones is 1. The standard InChI is InChI=1S/C12H26.C11H13ClNO3S.C8H18.K/c1-6-9-12(5,7-2)10-8-11(3)4;1-8(14)11(13-17(2,15)16)7-9-3-5-10(12)6-4-9;1-3-5-7-8-6-4-2;/h11H,6-10H2,1-5H3;3-6,11H,7H2,1-2H3;3-8H2,1-2H3;/q;-1;;+1. The van der Waals surface area contributed by atoms with Crippen LogP contribution in [0.25, 0.3) is 4.72 Å². The summed E-state index contributed by atoms with van der Waals surface area (Å²) in [5.74, 6) is 0.595. The second-order valence-corrected chi connectivity index (χ2v) is 13.2. The molecule has 2 atom stereocenters. The quantitative estimate of drug-likeness (QED) is 0.150. The summed E-state index contributed by atoms with van der Waals surface area (Å²) >= 11 is 5.73. The molecular formula is C31H57ClKNO3S. The Balaban J connectivity index is -0.000000513. The Morgan fingerprint density at radius 1 is 0.921 bits per heavy atom. The first-order valence-electron chi connectivity index (χ1n) is 14.4. The minimum atomic E-state index is -3.52. The van der Waals surface area contributed by atoms with E-state index >= 15 is 0 Å². The fourth-order valence-corrected chi connectivity index (χ4v) is 4.71. The molecule has 218 valence electrons. The van der Waals surface area contributed by atoms with E-state index < -0.39 is 16.1 Å². The molecule has 0 aliphatic rings. The Labute approximate surface area is 284 Å². The maximum atomic E-state index is 11.3. The van der Waals surface area contributed by atoms with Crippen molar-refractivity contribution in [3.8, 4) is 0 Å². The zero-order valence-electron chi connectivity index (χ0n) is 26.4. The summed E-state index contributed by atoms with van der Waals surface area (Å²) in [6.45, 7) is 17.6. The largest absolute Gasteiger partial charge is 1.00 e. The minimum Gasteiger partial charge on any atom is -0.540 e. The molecule has 1 rings (SSSR count). The molecule has 1 aromatic rings. The Morgan fingerprint density at radius 2 is 1.42 bits per heavy atom. The van der Waals surface area contributed by atoms with Crippen LogP contribution in [0.15, 0.2) is 24.3 Å². The first-order chi connectivity index (χ1) is 17.2. The number of benzene rings is 1. The summed E-state index contributed by atoms with van der Waals surface area (Å²) in [6, 6.07) is 6.01. The van der Waals surface area contributed by atoms with Gasteiger partial charge in [0.2, 0.25) is 0 Å². The molecule has 0 radical (unpaired) electrons. The molecule has 7 heteroatoms.